The fourth-order valence-corrected chi connectivity index (χ4v) is 4.90. The molecule has 0 amide bonds. The summed E-state index contributed by atoms with van der Waals surface area (Å²) < 4.78 is 38.5. The van der Waals surface area contributed by atoms with Crippen LogP contribution in [0.1, 0.15) is 41.6 Å². The van der Waals surface area contributed by atoms with Crippen molar-refractivity contribution < 1.29 is 22.7 Å². The Morgan fingerprint density at radius 3 is 2.21 bits per heavy atom. The summed E-state index contributed by atoms with van der Waals surface area (Å²) in [6.45, 7) is 2.89. The van der Waals surface area contributed by atoms with Gasteiger partial charge in [-0.2, -0.15) is 4.31 Å². The first-order valence-electron chi connectivity index (χ1n) is 9.39. The summed E-state index contributed by atoms with van der Waals surface area (Å²) in [4.78, 5) is 12.5. The minimum atomic E-state index is -3.76. The third-order valence-corrected chi connectivity index (χ3v) is 6.73. The highest BCUT2D eigenvalue weighted by atomic mass is 32.2. The standard InChI is InChI=1S/C21H25NO5S/c1-16-7-10-18(11-8-16)27-21(23)17-9-12-19(26-2)20(15-17)28(24,25)22-13-5-3-4-6-14-22/h7-12,15H,3-6,13-14H2,1-2H3. The van der Waals surface area contributed by atoms with Gasteiger partial charge in [0.15, 0.2) is 0 Å². The number of hydrogen-bond acceptors (Lipinski definition) is 5. The fraction of sp³-hybridized carbons (Fsp3) is 0.381. The predicted molar refractivity (Wildman–Crippen MR) is 106 cm³/mol. The topological polar surface area (TPSA) is 72.9 Å². The second-order valence-electron chi connectivity index (χ2n) is 6.89. The summed E-state index contributed by atoms with van der Waals surface area (Å²) >= 11 is 0. The molecule has 0 spiro atoms. The summed E-state index contributed by atoms with van der Waals surface area (Å²) in [5, 5.41) is 0. The van der Waals surface area contributed by atoms with Gasteiger partial charge >= 0.3 is 5.97 Å². The van der Waals surface area contributed by atoms with Gasteiger partial charge in [-0.05, 0) is 50.1 Å². The average Bonchev–Trinajstić information content (AvgIpc) is 2.99. The number of benzene rings is 2. The molecule has 28 heavy (non-hydrogen) atoms. The van der Waals surface area contributed by atoms with Crippen molar-refractivity contribution in [1.29, 1.82) is 0 Å². The number of sulfonamides is 1. The zero-order valence-electron chi connectivity index (χ0n) is 16.2. The van der Waals surface area contributed by atoms with Crippen LogP contribution in [0.2, 0.25) is 0 Å². The first-order chi connectivity index (χ1) is 13.4. The van der Waals surface area contributed by atoms with Crippen LogP contribution in [-0.2, 0) is 10.0 Å². The van der Waals surface area contributed by atoms with E-state index < -0.39 is 16.0 Å². The quantitative estimate of drug-likeness (QED) is 0.561. The van der Waals surface area contributed by atoms with Gasteiger partial charge in [0.1, 0.15) is 16.4 Å². The Labute approximate surface area is 166 Å². The lowest BCUT2D eigenvalue weighted by atomic mass is 10.2. The van der Waals surface area contributed by atoms with Gasteiger partial charge in [-0.25, -0.2) is 13.2 Å². The summed E-state index contributed by atoms with van der Waals surface area (Å²) in [5.74, 6) is 0.0123. The van der Waals surface area contributed by atoms with Gasteiger partial charge in [-0.15, -0.1) is 0 Å². The lowest BCUT2D eigenvalue weighted by Gasteiger charge is -2.21. The molecule has 0 N–H and O–H groups in total. The van der Waals surface area contributed by atoms with Gasteiger partial charge in [-0.3, -0.25) is 0 Å². The Kier molecular flexibility index (Phi) is 6.36. The molecular formula is C21H25NO5S. The van der Waals surface area contributed by atoms with E-state index in [0.717, 1.165) is 31.2 Å². The Hall–Kier alpha value is -2.38. The van der Waals surface area contributed by atoms with Gasteiger partial charge in [-0.1, -0.05) is 30.5 Å². The van der Waals surface area contributed by atoms with Crippen molar-refractivity contribution in [1.82, 2.24) is 4.31 Å². The van der Waals surface area contributed by atoms with E-state index in [1.807, 2.05) is 19.1 Å². The van der Waals surface area contributed by atoms with Gasteiger partial charge < -0.3 is 9.47 Å². The predicted octanol–water partition coefficient (Wildman–Crippen LogP) is 3.79. The number of nitrogens with zero attached hydrogens (tertiary/aromatic N) is 1. The molecule has 1 fully saturated rings. The Morgan fingerprint density at radius 2 is 1.61 bits per heavy atom. The van der Waals surface area contributed by atoms with Crippen LogP contribution in [0.4, 0.5) is 0 Å². The molecule has 6 nitrogen and oxygen atoms in total. The average molecular weight is 404 g/mol. The maximum atomic E-state index is 13.2. The summed E-state index contributed by atoms with van der Waals surface area (Å²) in [6, 6.07) is 11.4. The Bertz CT molecular complexity index is 930. The highest BCUT2D eigenvalue weighted by Gasteiger charge is 2.29. The molecule has 3 rings (SSSR count). The van der Waals surface area contributed by atoms with Crippen molar-refractivity contribution >= 4 is 16.0 Å². The van der Waals surface area contributed by atoms with Crippen molar-refractivity contribution in [2.24, 2.45) is 0 Å². The van der Waals surface area contributed by atoms with E-state index in [9.17, 15) is 13.2 Å². The Morgan fingerprint density at radius 1 is 0.964 bits per heavy atom. The molecule has 2 aromatic carbocycles. The van der Waals surface area contributed by atoms with E-state index in [0.29, 0.717) is 18.8 Å². The first kappa shape index (κ1) is 20.4. The second-order valence-corrected chi connectivity index (χ2v) is 8.79. The molecular weight excluding hydrogens is 378 g/mol. The zero-order chi connectivity index (χ0) is 20.1. The third kappa shape index (κ3) is 4.54. The lowest BCUT2D eigenvalue weighted by molar-refractivity contribution is 0.0734. The molecule has 7 heteroatoms. The summed E-state index contributed by atoms with van der Waals surface area (Å²) in [5.41, 5.74) is 1.21. The molecule has 2 aromatic rings. The van der Waals surface area contributed by atoms with Crippen LogP contribution in [0.3, 0.4) is 0 Å². The molecule has 0 saturated carbocycles. The highest BCUT2D eigenvalue weighted by Crippen LogP contribution is 2.30. The molecule has 150 valence electrons. The Balaban J connectivity index is 1.90. The fourth-order valence-electron chi connectivity index (χ4n) is 3.20. The molecule has 0 aromatic heterocycles. The van der Waals surface area contributed by atoms with Crippen LogP contribution in [0.25, 0.3) is 0 Å². The minimum absolute atomic E-state index is 0.00439. The number of methoxy groups -OCH3 is 1. The SMILES string of the molecule is COc1ccc(C(=O)Oc2ccc(C)cc2)cc1S(=O)(=O)N1CCCCCC1. The number of esters is 1. The molecule has 0 bridgehead atoms. The molecule has 1 aliphatic heterocycles. The molecule has 0 aliphatic carbocycles. The first-order valence-corrected chi connectivity index (χ1v) is 10.8. The molecule has 0 radical (unpaired) electrons. The monoisotopic (exact) mass is 403 g/mol. The van der Waals surface area contributed by atoms with Gasteiger partial charge in [0.2, 0.25) is 10.0 Å². The summed E-state index contributed by atoms with van der Waals surface area (Å²) in [6.07, 6.45) is 3.70. The number of ether oxygens (including phenoxy) is 2. The normalized spacial score (nSPS) is 15.6. The van der Waals surface area contributed by atoms with E-state index >= 15 is 0 Å². The van der Waals surface area contributed by atoms with E-state index in [-0.39, 0.29) is 16.2 Å². The highest BCUT2D eigenvalue weighted by molar-refractivity contribution is 7.89. The minimum Gasteiger partial charge on any atom is -0.495 e. The van der Waals surface area contributed by atoms with Crippen molar-refractivity contribution in [3.8, 4) is 11.5 Å². The van der Waals surface area contributed by atoms with Crippen molar-refractivity contribution in [3.05, 3.63) is 53.6 Å². The zero-order valence-corrected chi connectivity index (χ0v) is 17.0. The molecule has 0 atom stereocenters. The van der Waals surface area contributed by atoms with Crippen molar-refractivity contribution in [2.75, 3.05) is 20.2 Å². The van der Waals surface area contributed by atoms with Crippen molar-refractivity contribution in [3.63, 3.8) is 0 Å². The third-order valence-electron chi connectivity index (χ3n) is 4.81. The van der Waals surface area contributed by atoms with E-state index in [4.69, 9.17) is 9.47 Å². The number of carbonyl (C=O) groups is 1. The van der Waals surface area contributed by atoms with Gasteiger partial charge in [0.25, 0.3) is 0 Å². The smallest absolute Gasteiger partial charge is 0.343 e. The summed E-state index contributed by atoms with van der Waals surface area (Å²) in [7, 11) is -2.34. The molecule has 1 aliphatic rings. The lowest BCUT2D eigenvalue weighted by Crippen LogP contribution is -2.32. The maximum absolute atomic E-state index is 13.2. The van der Waals surface area contributed by atoms with Crippen LogP contribution in [-0.4, -0.2) is 38.9 Å². The number of rotatable bonds is 5. The largest absolute Gasteiger partial charge is 0.495 e. The maximum Gasteiger partial charge on any atom is 0.343 e. The van der Waals surface area contributed by atoms with Crippen LogP contribution in [0, 0.1) is 6.92 Å². The molecule has 1 heterocycles. The van der Waals surface area contributed by atoms with Crippen LogP contribution >= 0.6 is 0 Å². The number of aryl methyl sites for hydroxylation is 1. The van der Waals surface area contributed by atoms with E-state index in [1.165, 1.54) is 29.6 Å². The van der Waals surface area contributed by atoms with Crippen LogP contribution < -0.4 is 9.47 Å². The van der Waals surface area contributed by atoms with E-state index in [1.54, 1.807) is 12.1 Å². The van der Waals surface area contributed by atoms with Gasteiger partial charge in [0.05, 0.1) is 12.7 Å². The van der Waals surface area contributed by atoms with Crippen molar-refractivity contribution in [2.45, 2.75) is 37.5 Å². The van der Waals surface area contributed by atoms with Crippen LogP contribution in [0.15, 0.2) is 47.4 Å². The molecule has 0 unspecified atom stereocenters. The molecule has 1 saturated heterocycles. The van der Waals surface area contributed by atoms with Gasteiger partial charge in [0, 0.05) is 13.1 Å². The van der Waals surface area contributed by atoms with E-state index in [2.05, 4.69) is 0 Å². The number of hydrogen-bond donors (Lipinski definition) is 0. The van der Waals surface area contributed by atoms with Crippen LogP contribution in [0.5, 0.6) is 11.5 Å². The second kappa shape index (κ2) is 8.75. The number of carbonyl (C=O) groups excluding carboxylic acids is 1.